The van der Waals surface area contributed by atoms with Crippen LogP contribution in [-0.4, -0.2) is 46.6 Å². The average Bonchev–Trinajstić information content (AvgIpc) is 3.38. The number of hydrogen-bond donors (Lipinski definition) is 1. The molecule has 4 rings (SSSR count). The van der Waals surface area contributed by atoms with E-state index >= 15 is 0 Å². The molecule has 0 spiro atoms. The summed E-state index contributed by atoms with van der Waals surface area (Å²) in [5.74, 6) is 0.0981. The second-order valence-electron chi connectivity index (χ2n) is 6.61. The van der Waals surface area contributed by atoms with E-state index in [-0.39, 0.29) is 17.2 Å². The molecule has 0 atom stereocenters. The molecule has 0 unspecified atom stereocenters. The fourth-order valence-corrected chi connectivity index (χ4v) is 3.04. The van der Waals surface area contributed by atoms with Crippen LogP contribution in [0.3, 0.4) is 0 Å². The van der Waals surface area contributed by atoms with Gasteiger partial charge in [0.1, 0.15) is 5.69 Å². The molecule has 0 aliphatic heterocycles. The summed E-state index contributed by atoms with van der Waals surface area (Å²) in [6.45, 7) is 0.359. The Bertz CT molecular complexity index is 1130. The SMILES string of the molecule is COc1ccc(C(=O)N(C)CCc2noc(-c3cc4ccccc4[nH]3)n2)cc1F. The highest BCUT2D eigenvalue weighted by atomic mass is 19.1. The molecule has 0 bridgehead atoms. The van der Waals surface area contributed by atoms with Crippen LogP contribution in [0.2, 0.25) is 0 Å². The maximum atomic E-state index is 13.8. The molecule has 29 heavy (non-hydrogen) atoms. The Hall–Kier alpha value is -3.68. The molecule has 2 aromatic heterocycles. The fourth-order valence-electron chi connectivity index (χ4n) is 3.04. The van der Waals surface area contributed by atoms with E-state index in [1.165, 1.54) is 30.2 Å². The van der Waals surface area contributed by atoms with Gasteiger partial charge in [0.25, 0.3) is 11.8 Å². The Morgan fingerprint density at radius 1 is 1.24 bits per heavy atom. The monoisotopic (exact) mass is 394 g/mol. The number of H-pyrrole nitrogens is 1. The average molecular weight is 394 g/mol. The molecule has 0 aliphatic rings. The van der Waals surface area contributed by atoms with Crippen molar-refractivity contribution >= 4 is 16.8 Å². The van der Waals surface area contributed by atoms with Gasteiger partial charge < -0.3 is 19.1 Å². The van der Waals surface area contributed by atoms with Crippen LogP contribution in [0.15, 0.2) is 53.1 Å². The van der Waals surface area contributed by atoms with E-state index in [0.29, 0.717) is 24.7 Å². The number of likely N-dealkylation sites (N-methyl/N-ethyl adjacent to an activating group) is 1. The summed E-state index contributed by atoms with van der Waals surface area (Å²) in [7, 11) is 3.02. The molecular weight excluding hydrogens is 375 g/mol. The van der Waals surface area contributed by atoms with Crippen LogP contribution in [0.25, 0.3) is 22.5 Å². The zero-order valence-electron chi connectivity index (χ0n) is 16.0. The summed E-state index contributed by atoms with van der Waals surface area (Å²) >= 11 is 0. The minimum Gasteiger partial charge on any atom is -0.494 e. The summed E-state index contributed by atoms with van der Waals surface area (Å²) in [5.41, 5.74) is 1.97. The first-order chi connectivity index (χ1) is 14.0. The van der Waals surface area contributed by atoms with E-state index in [0.717, 1.165) is 16.6 Å². The molecule has 0 fully saturated rings. The molecule has 148 valence electrons. The first kappa shape index (κ1) is 18.7. The highest BCUT2D eigenvalue weighted by Crippen LogP contribution is 2.23. The number of benzene rings is 2. The van der Waals surface area contributed by atoms with E-state index in [2.05, 4.69) is 15.1 Å². The highest BCUT2D eigenvalue weighted by Gasteiger charge is 2.16. The highest BCUT2D eigenvalue weighted by molar-refractivity contribution is 5.94. The van der Waals surface area contributed by atoms with Crippen LogP contribution < -0.4 is 4.74 Å². The Morgan fingerprint density at radius 2 is 2.07 bits per heavy atom. The second kappa shape index (κ2) is 7.75. The molecule has 7 nitrogen and oxygen atoms in total. The van der Waals surface area contributed by atoms with Crippen molar-refractivity contribution in [3.8, 4) is 17.3 Å². The lowest BCUT2D eigenvalue weighted by Crippen LogP contribution is -2.29. The van der Waals surface area contributed by atoms with Gasteiger partial charge in [-0.3, -0.25) is 4.79 Å². The lowest BCUT2D eigenvalue weighted by Gasteiger charge is -2.16. The van der Waals surface area contributed by atoms with Crippen molar-refractivity contribution in [3.05, 3.63) is 65.7 Å². The van der Waals surface area contributed by atoms with Gasteiger partial charge >= 0.3 is 0 Å². The van der Waals surface area contributed by atoms with E-state index in [1.807, 2.05) is 30.3 Å². The van der Waals surface area contributed by atoms with E-state index < -0.39 is 5.82 Å². The Labute approximate surface area is 166 Å². The van der Waals surface area contributed by atoms with E-state index in [4.69, 9.17) is 9.26 Å². The van der Waals surface area contributed by atoms with Crippen molar-refractivity contribution in [1.29, 1.82) is 0 Å². The predicted octanol–water partition coefficient (Wildman–Crippen LogP) is 3.68. The van der Waals surface area contributed by atoms with Crippen molar-refractivity contribution in [2.75, 3.05) is 20.7 Å². The zero-order chi connectivity index (χ0) is 20.4. The summed E-state index contributed by atoms with van der Waals surface area (Å²) in [6.07, 6.45) is 0.407. The number of aromatic amines is 1. The summed E-state index contributed by atoms with van der Waals surface area (Å²) in [4.78, 5) is 21.6. The van der Waals surface area contributed by atoms with Crippen LogP contribution in [0, 0.1) is 5.82 Å². The maximum Gasteiger partial charge on any atom is 0.274 e. The molecule has 0 saturated carbocycles. The van der Waals surface area contributed by atoms with Gasteiger partial charge in [0, 0.05) is 36.5 Å². The van der Waals surface area contributed by atoms with E-state index in [9.17, 15) is 9.18 Å². The van der Waals surface area contributed by atoms with Gasteiger partial charge in [-0.1, -0.05) is 23.4 Å². The van der Waals surface area contributed by atoms with Crippen LogP contribution >= 0.6 is 0 Å². The molecule has 2 heterocycles. The fraction of sp³-hybridized carbons (Fsp3) is 0.190. The largest absolute Gasteiger partial charge is 0.494 e. The minimum atomic E-state index is -0.576. The van der Waals surface area contributed by atoms with Crippen molar-refractivity contribution in [2.24, 2.45) is 0 Å². The number of amides is 1. The number of methoxy groups -OCH3 is 1. The normalized spacial score (nSPS) is 11.0. The molecule has 1 amide bonds. The maximum absolute atomic E-state index is 13.8. The number of hydrogen-bond acceptors (Lipinski definition) is 5. The summed E-state index contributed by atoms with van der Waals surface area (Å²) in [5, 5.41) is 5.04. The van der Waals surface area contributed by atoms with Crippen LogP contribution in [0.4, 0.5) is 4.39 Å². The number of halogens is 1. The van der Waals surface area contributed by atoms with E-state index in [1.54, 1.807) is 7.05 Å². The number of fused-ring (bicyclic) bond motifs is 1. The first-order valence-electron chi connectivity index (χ1n) is 9.05. The molecular formula is C21H19FN4O3. The smallest absolute Gasteiger partial charge is 0.274 e. The molecule has 8 heteroatoms. The number of nitrogens with one attached hydrogen (secondary N) is 1. The van der Waals surface area contributed by atoms with Crippen LogP contribution in [0.1, 0.15) is 16.2 Å². The second-order valence-corrected chi connectivity index (χ2v) is 6.61. The molecule has 2 aromatic carbocycles. The number of aromatic nitrogens is 3. The van der Waals surface area contributed by atoms with Gasteiger partial charge in [0.15, 0.2) is 17.4 Å². The van der Waals surface area contributed by atoms with Gasteiger partial charge in [0.05, 0.1) is 7.11 Å². The number of rotatable bonds is 6. The van der Waals surface area contributed by atoms with Gasteiger partial charge in [0.2, 0.25) is 0 Å². The Balaban J connectivity index is 1.41. The number of para-hydroxylation sites is 1. The van der Waals surface area contributed by atoms with Gasteiger partial charge in [-0.2, -0.15) is 4.98 Å². The van der Waals surface area contributed by atoms with Crippen LogP contribution in [0.5, 0.6) is 5.75 Å². The number of carbonyl (C=O) groups is 1. The lowest BCUT2D eigenvalue weighted by atomic mass is 10.2. The Morgan fingerprint density at radius 3 is 2.83 bits per heavy atom. The first-order valence-corrected chi connectivity index (χ1v) is 9.05. The van der Waals surface area contributed by atoms with Gasteiger partial charge in [-0.15, -0.1) is 0 Å². The van der Waals surface area contributed by atoms with Crippen molar-refractivity contribution in [1.82, 2.24) is 20.0 Å². The molecule has 4 aromatic rings. The number of ether oxygens (including phenoxy) is 1. The lowest BCUT2D eigenvalue weighted by molar-refractivity contribution is 0.0795. The molecule has 1 N–H and O–H groups in total. The van der Waals surface area contributed by atoms with Crippen molar-refractivity contribution in [3.63, 3.8) is 0 Å². The third-order valence-corrected chi connectivity index (χ3v) is 4.64. The van der Waals surface area contributed by atoms with Crippen LogP contribution in [-0.2, 0) is 6.42 Å². The zero-order valence-corrected chi connectivity index (χ0v) is 16.0. The predicted molar refractivity (Wildman–Crippen MR) is 105 cm³/mol. The van der Waals surface area contributed by atoms with Crippen molar-refractivity contribution in [2.45, 2.75) is 6.42 Å². The summed E-state index contributed by atoms with van der Waals surface area (Å²) < 4.78 is 24.0. The topological polar surface area (TPSA) is 84.2 Å². The molecule has 0 radical (unpaired) electrons. The minimum absolute atomic E-state index is 0.0977. The van der Waals surface area contributed by atoms with Gasteiger partial charge in [-0.05, 0) is 30.3 Å². The molecule has 0 saturated heterocycles. The number of nitrogens with zero attached hydrogens (tertiary/aromatic N) is 3. The summed E-state index contributed by atoms with van der Waals surface area (Å²) in [6, 6.07) is 13.9. The van der Waals surface area contributed by atoms with Crippen molar-refractivity contribution < 1.29 is 18.4 Å². The number of carbonyl (C=O) groups excluding carboxylic acids is 1. The van der Waals surface area contributed by atoms with Gasteiger partial charge in [-0.25, -0.2) is 4.39 Å². The standard InChI is InChI=1S/C21H19FN4O3/c1-26(21(27)14-7-8-18(28-2)15(22)11-14)10-9-19-24-20(29-25-19)17-12-13-5-3-4-6-16(13)23-17/h3-8,11-12,23H,9-10H2,1-2H3. The quantitative estimate of drug-likeness (QED) is 0.539. The third kappa shape index (κ3) is 3.82. The third-order valence-electron chi connectivity index (χ3n) is 4.64. The molecule has 0 aliphatic carbocycles. The Kier molecular flexibility index (Phi) is 4.99.